The van der Waals surface area contributed by atoms with Crippen molar-refractivity contribution in [1.29, 1.82) is 0 Å². The minimum atomic E-state index is -0.483. The number of unbranched alkanes of at least 4 members (excludes halogenated alkanes) is 2. The van der Waals surface area contributed by atoms with E-state index in [1.54, 1.807) is 6.92 Å². The Morgan fingerprint density at radius 1 is 1.16 bits per heavy atom. The molecule has 0 aromatic heterocycles. The maximum Gasteiger partial charge on any atom is 0.342 e. The Hall–Kier alpha value is -2.56. The van der Waals surface area contributed by atoms with Crippen LogP contribution in [0, 0.1) is 0 Å². The summed E-state index contributed by atoms with van der Waals surface area (Å²) >= 11 is 0. The second kappa shape index (κ2) is 11.2. The molecule has 0 radical (unpaired) electrons. The van der Waals surface area contributed by atoms with Crippen molar-refractivity contribution >= 4 is 18.0 Å². The highest BCUT2D eigenvalue weighted by atomic mass is 16.5. The molecule has 170 valence electrons. The lowest BCUT2D eigenvalue weighted by Gasteiger charge is -2.33. The highest BCUT2D eigenvalue weighted by Crippen LogP contribution is 2.43. The molecule has 1 aliphatic heterocycles. The van der Waals surface area contributed by atoms with Gasteiger partial charge in [-0.15, -0.1) is 0 Å². The zero-order valence-corrected chi connectivity index (χ0v) is 19.8. The Labute approximate surface area is 186 Å². The summed E-state index contributed by atoms with van der Waals surface area (Å²) in [6, 6.07) is 1.92. The van der Waals surface area contributed by atoms with E-state index in [2.05, 4.69) is 26.8 Å². The highest BCUT2D eigenvalue weighted by molar-refractivity contribution is 5.98. The van der Waals surface area contributed by atoms with E-state index in [1.807, 2.05) is 25.1 Å². The van der Waals surface area contributed by atoms with E-state index in [9.17, 15) is 9.59 Å². The van der Waals surface area contributed by atoms with Crippen molar-refractivity contribution in [3.63, 3.8) is 0 Å². The first-order valence-electron chi connectivity index (χ1n) is 11.3. The fourth-order valence-electron chi connectivity index (χ4n) is 3.71. The van der Waals surface area contributed by atoms with Crippen LogP contribution in [0.2, 0.25) is 0 Å². The van der Waals surface area contributed by atoms with Crippen molar-refractivity contribution in [2.24, 2.45) is 0 Å². The number of hydrogen-bond donors (Lipinski definition) is 0. The van der Waals surface area contributed by atoms with Gasteiger partial charge in [-0.1, -0.05) is 31.4 Å². The number of hydrogen-bond acceptors (Lipinski definition) is 5. The van der Waals surface area contributed by atoms with E-state index >= 15 is 0 Å². The largest absolute Gasteiger partial charge is 0.483 e. The SMILES string of the molecule is CCCCCc1cc2c(c(OC(C)=O)c1C(=O)OCC)C=CC(C)(CCC=C(C)C)O2. The molecule has 0 fully saturated rings. The predicted molar refractivity (Wildman–Crippen MR) is 124 cm³/mol. The lowest BCUT2D eigenvalue weighted by molar-refractivity contribution is -0.131. The molecule has 1 heterocycles. The van der Waals surface area contributed by atoms with Gasteiger partial charge in [-0.05, 0) is 77.2 Å². The lowest BCUT2D eigenvalue weighted by atomic mass is 9.91. The van der Waals surface area contributed by atoms with Crippen LogP contribution in [0.15, 0.2) is 23.8 Å². The third-order valence-electron chi connectivity index (χ3n) is 5.28. The topological polar surface area (TPSA) is 61.8 Å². The predicted octanol–water partition coefficient (Wildman–Crippen LogP) is 6.43. The normalized spacial score (nSPS) is 16.8. The average molecular weight is 429 g/mol. The van der Waals surface area contributed by atoms with Crippen molar-refractivity contribution < 1.29 is 23.8 Å². The monoisotopic (exact) mass is 428 g/mol. The highest BCUT2D eigenvalue weighted by Gasteiger charge is 2.32. The maximum absolute atomic E-state index is 12.8. The van der Waals surface area contributed by atoms with Crippen molar-refractivity contribution in [2.45, 2.75) is 85.7 Å². The fraction of sp³-hybridized carbons (Fsp3) is 0.538. The van der Waals surface area contributed by atoms with Crippen LogP contribution in [0.4, 0.5) is 0 Å². The Kier molecular flexibility index (Phi) is 8.90. The molecule has 5 heteroatoms. The molecule has 5 nitrogen and oxygen atoms in total. The first-order chi connectivity index (χ1) is 14.7. The van der Waals surface area contributed by atoms with Crippen LogP contribution in [0.1, 0.15) is 95.1 Å². The summed E-state index contributed by atoms with van der Waals surface area (Å²) in [5.74, 6) is -0.0855. The second-order valence-corrected chi connectivity index (χ2v) is 8.49. The Balaban J connectivity index is 2.54. The number of benzene rings is 1. The summed E-state index contributed by atoms with van der Waals surface area (Å²) < 4.78 is 17.3. The van der Waals surface area contributed by atoms with Crippen LogP contribution in [-0.2, 0) is 16.0 Å². The van der Waals surface area contributed by atoms with E-state index < -0.39 is 17.5 Å². The van der Waals surface area contributed by atoms with Gasteiger partial charge in [-0.2, -0.15) is 0 Å². The van der Waals surface area contributed by atoms with Crippen LogP contribution in [0.5, 0.6) is 11.5 Å². The van der Waals surface area contributed by atoms with E-state index in [1.165, 1.54) is 12.5 Å². The summed E-state index contributed by atoms with van der Waals surface area (Å²) in [7, 11) is 0. The van der Waals surface area contributed by atoms with Gasteiger partial charge in [0, 0.05) is 6.92 Å². The minimum Gasteiger partial charge on any atom is -0.483 e. The smallest absolute Gasteiger partial charge is 0.342 e. The molecule has 1 aliphatic rings. The van der Waals surface area contributed by atoms with E-state index in [0.717, 1.165) is 37.7 Å². The molecule has 0 amide bonds. The standard InChI is InChI=1S/C26H36O5/c1-7-9-10-13-20-17-22-21(14-16-26(6,31-22)15-11-12-18(3)4)24(30-19(5)27)23(20)25(28)29-8-2/h12,14,16-17H,7-11,13,15H2,1-6H3. The third kappa shape index (κ3) is 6.71. The molecule has 1 aromatic rings. The van der Waals surface area contributed by atoms with Crippen molar-refractivity contribution in [3.8, 4) is 11.5 Å². The zero-order valence-electron chi connectivity index (χ0n) is 19.8. The van der Waals surface area contributed by atoms with Crippen LogP contribution in [-0.4, -0.2) is 24.1 Å². The molecule has 0 aliphatic carbocycles. The first-order valence-corrected chi connectivity index (χ1v) is 11.3. The van der Waals surface area contributed by atoms with Crippen molar-refractivity contribution in [1.82, 2.24) is 0 Å². The number of ether oxygens (including phenoxy) is 3. The van der Waals surface area contributed by atoms with Gasteiger partial charge >= 0.3 is 11.9 Å². The molecule has 1 atom stereocenters. The molecule has 0 saturated heterocycles. The van der Waals surface area contributed by atoms with Gasteiger partial charge in [0.2, 0.25) is 0 Å². The summed E-state index contributed by atoms with van der Waals surface area (Å²) in [6.45, 7) is 11.7. The molecule has 2 rings (SSSR count). The number of fused-ring (bicyclic) bond motifs is 1. The Morgan fingerprint density at radius 3 is 2.52 bits per heavy atom. The van der Waals surface area contributed by atoms with Gasteiger partial charge in [0.25, 0.3) is 0 Å². The summed E-state index contributed by atoms with van der Waals surface area (Å²) in [6.07, 6.45) is 11.5. The number of carbonyl (C=O) groups excluding carboxylic acids is 2. The molecule has 0 saturated carbocycles. The van der Waals surface area contributed by atoms with Gasteiger partial charge in [-0.3, -0.25) is 4.79 Å². The van der Waals surface area contributed by atoms with Crippen molar-refractivity contribution in [2.75, 3.05) is 6.61 Å². The Bertz CT molecular complexity index is 861. The van der Waals surface area contributed by atoms with E-state index in [-0.39, 0.29) is 12.4 Å². The number of allylic oxidation sites excluding steroid dienone is 2. The maximum atomic E-state index is 12.8. The summed E-state index contributed by atoms with van der Waals surface area (Å²) in [4.78, 5) is 24.7. The first kappa shape index (κ1) is 24.7. The summed E-state index contributed by atoms with van der Waals surface area (Å²) in [5.41, 5.74) is 2.53. The molecule has 31 heavy (non-hydrogen) atoms. The van der Waals surface area contributed by atoms with Crippen molar-refractivity contribution in [3.05, 3.63) is 40.5 Å². The number of rotatable bonds is 10. The van der Waals surface area contributed by atoms with Gasteiger partial charge < -0.3 is 14.2 Å². The molecule has 0 spiro atoms. The van der Waals surface area contributed by atoms with Crippen LogP contribution >= 0.6 is 0 Å². The number of aryl methyl sites for hydroxylation is 1. The van der Waals surface area contributed by atoms with E-state index in [4.69, 9.17) is 14.2 Å². The molecule has 1 aromatic carbocycles. The third-order valence-corrected chi connectivity index (χ3v) is 5.28. The van der Waals surface area contributed by atoms with E-state index in [0.29, 0.717) is 23.3 Å². The molecular formula is C26H36O5. The van der Waals surface area contributed by atoms with Gasteiger partial charge in [0.15, 0.2) is 5.75 Å². The van der Waals surface area contributed by atoms with Crippen LogP contribution in [0.3, 0.4) is 0 Å². The number of esters is 2. The minimum absolute atomic E-state index is 0.234. The molecular weight excluding hydrogens is 392 g/mol. The quantitative estimate of drug-likeness (QED) is 0.186. The molecule has 1 unspecified atom stereocenters. The lowest BCUT2D eigenvalue weighted by Crippen LogP contribution is -2.32. The zero-order chi connectivity index (χ0) is 23.0. The van der Waals surface area contributed by atoms with Gasteiger partial charge in [0.1, 0.15) is 16.9 Å². The number of carbonyl (C=O) groups is 2. The second-order valence-electron chi connectivity index (χ2n) is 8.49. The molecule has 0 N–H and O–H groups in total. The van der Waals surface area contributed by atoms with Crippen LogP contribution < -0.4 is 9.47 Å². The van der Waals surface area contributed by atoms with Gasteiger partial charge in [0.05, 0.1) is 12.2 Å². The fourth-order valence-corrected chi connectivity index (χ4v) is 3.71. The van der Waals surface area contributed by atoms with Gasteiger partial charge in [-0.25, -0.2) is 4.79 Å². The average Bonchev–Trinajstić information content (AvgIpc) is 2.67. The molecule has 0 bridgehead atoms. The Morgan fingerprint density at radius 2 is 1.90 bits per heavy atom. The van der Waals surface area contributed by atoms with Crippen LogP contribution in [0.25, 0.3) is 6.08 Å². The summed E-state index contributed by atoms with van der Waals surface area (Å²) in [5, 5.41) is 0.